The number of benzene rings is 1. The van der Waals surface area contributed by atoms with Crippen LogP contribution in [0.4, 0.5) is 5.69 Å². The topological polar surface area (TPSA) is 96.0 Å². The first-order valence-corrected chi connectivity index (χ1v) is 13.1. The van der Waals surface area contributed by atoms with Crippen molar-refractivity contribution in [1.29, 1.82) is 0 Å². The van der Waals surface area contributed by atoms with Crippen molar-refractivity contribution in [3.8, 4) is 5.75 Å². The monoisotopic (exact) mass is 463 g/mol. The number of anilines is 1. The molecule has 9 heteroatoms. The fraction of sp³-hybridized carbons (Fsp3) is 0.652. The molecule has 2 amide bonds. The summed E-state index contributed by atoms with van der Waals surface area (Å²) < 4.78 is 33.2. The third-order valence-corrected chi connectivity index (χ3v) is 9.08. The van der Waals surface area contributed by atoms with E-state index >= 15 is 0 Å². The molecule has 176 valence electrons. The van der Waals surface area contributed by atoms with Crippen molar-refractivity contribution < 1.29 is 22.7 Å². The van der Waals surface area contributed by atoms with Gasteiger partial charge in [-0.3, -0.25) is 14.5 Å². The van der Waals surface area contributed by atoms with Crippen molar-refractivity contribution >= 4 is 27.5 Å². The highest BCUT2D eigenvalue weighted by Gasteiger charge is 2.33. The molecule has 4 rings (SSSR count). The van der Waals surface area contributed by atoms with Crippen LogP contribution in [-0.4, -0.2) is 56.8 Å². The minimum Gasteiger partial charge on any atom is -0.482 e. The van der Waals surface area contributed by atoms with E-state index in [-0.39, 0.29) is 35.9 Å². The van der Waals surface area contributed by atoms with Gasteiger partial charge in [0.05, 0.1) is 10.6 Å². The van der Waals surface area contributed by atoms with Gasteiger partial charge >= 0.3 is 0 Å². The van der Waals surface area contributed by atoms with Gasteiger partial charge in [0.25, 0.3) is 5.91 Å². The minimum atomic E-state index is -3.66. The first kappa shape index (κ1) is 23.0. The van der Waals surface area contributed by atoms with E-state index < -0.39 is 10.0 Å². The largest absolute Gasteiger partial charge is 0.482 e. The zero-order valence-electron chi connectivity index (χ0n) is 18.9. The number of piperidine rings is 1. The predicted molar refractivity (Wildman–Crippen MR) is 121 cm³/mol. The number of nitrogens with one attached hydrogen (secondary N) is 1. The lowest BCUT2D eigenvalue weighted by Gasteiger charge is -2.35. The lowest BCUT2D eigenvalue weighted by molar-refractivity contribution is -0.126. The van der Waals surface area contributed by atoms with E-state index in [0.29, 0.717) is 36.4 Å². The summed E-state index contributed by atoms with van der Waals surface area (Å²) in [6.07, 6.45) is 5.89. The molecule has 0 bridgehead atoms. The number of ether oxygens (including phenoxy) is 1. The van der Waals surface area contributed by atoms with Crippen LogP contribution >= 0.6 is 0 Å². The van der Waals surface area contributed by atoms with Gasteiger partial charge < -0.3 is 10.1 Å². The van der Waals surface area contributed by atoms with Gasteiger partial charge in [-0.1, -0.05) is 33.1 Å². The Kier molecular flexibility index (Phi) is 6.76. The number of carbonyl (C=O) groups excluding carboxylic acids is 2. The molecular weight excluding hydrogens is 430 g/mol. The smallest absolute Gasteiger partial charge is 0.265 e. The third kappa shape index (κ3) is 4.64. The zero-order valence-corrected chi connectivity index (χ0v) is 19.7. The quantitative estimate of drug-likeness (QED) is 0.724. The number of hydrogen-bond donors (Lipinski definition) is 1. The maximum Gasteiger partial charge on any atom is 0.265 e. The fourth-order valence-electron chi connectivity index (χ4n) is 4.95. The molecule has 1 aliphatic carbocycles. The molecule has 1 N–H and O–H groups in total. The van der Waals surface area contributed by atoms with E-state index in [1.54, 1.807) is 6.07 Å². The molecule has 0 aromatic heterocycles. The average molecular weight is 464 g/mol. The van der Waals surface area contributed by atoms with Crippen molar-refractivity contribution in [1.82, 2.24) is 9.62 Å². The molecule has 2 fully saturated rings. The third-order valence-electron chi connectivity index (χ3n) is 7.18. The van der Waals surface area contributed by atoms with E-state index in [1.165, 1.54) is 21.3 Å². The summed E-state index contributed by atoms with van der Waals surface area (Å²) >= 11 is 0. The molecule has 3 atom stereocenters. The van der Waals surface area contributed by atoms with E-state index in [9.17, 15) is 18.0 Å². The van der Waals surface area contributed by atoms with Crippen LogP contribution in [0.3, 0.4) is 0 Å². The number of amides is 2. The van der Waals surface area contributed by atoms with Gasteiger partial charge in [0.2, 0.25) is 15.9 Å². The summed E-state index contributed by atoms with van der Waals surface area (Å²) in [6.45, 7) is 5.03. The number of carbonyl (C=O) groups is 2. The zero-order chi connectivity index (χ0) is 22.9. The van der Waals surface area contributed by atoms with Gasteiger partial charge in [-0.15, -0.1) is 0 Å². The van der Waals surface area contributed by atoms with Crippen molar-refractivity contribution in [2.24, 2.45) is 11.8 Å². The molecule has 2 heterocycles. The van der Waals surface area contributed by atoms with Crippen LogP contribution in [0.2, 0.25) is 0 Å². The maximum atomic E-state index is 13.1. The van der Waals surface area contributed by atoms with Gasteiger partial charge in [0.15, 0.2) is 6.61 Å². The Morgan fingerprint density at radius 1 is 1.12 bits per heavy atom. The maximum absolute atomic E-state index is 13.1. The Morgan fingerprint density at radius 3 is 2.62 bits per heavy atom. The number of sulfonamides is 1. The van der Waals surface area contributed by atoms with Gasteiger partial charge in [-0.25, -0.2) is 8.42 Å². The van der Waals surface area contributed by atoms with Gasteiger partial charge in [-0.05, 0) is 49.3 Å². The average Bonchev–Trinajstić information content (AvgIpc) is 2.79. The van der Waals surface area contributed by atoms with Crippen LogP contribution in [0.5, 0.6) is 5.75 Å². The summed E-state index contributed by atoms with van der Waals surface area (Å²) in [5, 5.41) is 3.09. The first-order chi connectivity index (χ1) is 15.3. The van der Waals surface area contributed by atoms with Crippen LogP contribution in [0, 0.1) is 11.8 Å². The SMILES string of the molecule is C[C@@H]1[C@H](C)CCC[C@H]1NC(=O)CN1C(=O)COc2ccc(S(=O)(=O)N3CCCCC3)cc21. The summed E-state index contributed by atoms with van der Waals surface area (Å²) in [6, 6.07) is 4.65. The van der Waals surface area contributed by atoms with Gasteiger partial charge in [0, 0.05) is 19.1 Å². The summed E-state index contributed by atoms with van der Waals surface area (Å²) in [7, 11) is -3.66. The second-order valence-corrected chi connectivity index (χ2v) is 11.2. The fourth-order valence-corrected chi connectivity index (χ4v) is 6.49. The molecule has 0 radical (unpaired) electrons. The first-order valence-electron chi connectivity index (χ1n) is 11.6. The second-order valence-electron chi connectivity index (χ2n) is 9.30. The predicted octanol–water partition coefficient (Wildman–Crippen LogP) is 2.53. The van der Waals surface area contributed by atoms with Crippen molar-refractivity contribution in [3.05, 3.63) is 18.2 Å². The van der Waals surface area contributed by atoms with E-state index in [4.69, 9.17) is 4.74 Å². The van der Waals surface area contributed by atoms with Crippen LogP contribution < -0.4 is 15.0 Å². The normalized spacial score (nSPS) is 26.9. The summed E-state index contributed by atoms with van der Waals surface area (Å²) in [4.78, 5) is 26.9. The van der Waals surface area contributed by atoms with E-state index in [1.807, 2.05) is 0 Å². The highest BCUT2D eigenvalue weighted by Crippen LogP contribution is 2.35. The number of nitrogens with zero attached hydrogens (tertiary/aromatic N) is 2. The molecule has 1 aromatic rings. The van der Waals surface area contributed by atoms with Crippen molar-refractivity contribution in [2.75, 3.05) is 31.1 Å². The van der Waals surface area contributed by atoms with Crippen LogP contribution in [0.25, 0.3) is 0 Å². The molecule has 0 unspecified atom stereocenters. The molecule has 8 nitrogen and oxygen atoms in total. The highest BCUT2D eigenvalue weighted by atomic mass is 32.2. The van der Waals surface area contributed by atoms with E-state index in [0.717, 1.165) is 38.5 Å². The number of fused-ring (bicyclic) bond motifs is 1. The standard InChI is InChI=1S/C23H33N3O5S/c1-16-7-6-8-19(17(16)2)24-22(27)14-26-20-13-18(9-10-21(20)31-15-23(26)28)32(29,30)25-11-4-3-5-12-25/h9-10,13,16-17,19H,3-8,11-12,14-15H2,1-2H3,(H,24,27)/t16-,17-,19-/m1/s1. The minimum absolute atomic E-state index is 0.0904. The molecule has 3 aliphatic rings. The Balaban J connectivity index is 1.54. The number of hydrogen-bond acceptors (Lipinski definition) is 5. The molecule has 2 aliphatic heterocycles. The van der Waals surface area contributed by atoms with E-state index in [2.05, 4.69) is 19.2 Å². The Morgan fingerprint density at radius 2 is 1.88 bits per heavy atom. The molecular formula is C23H33N3O5S. The van der Waals surface area contributed by atoms with Crippen LogP contribution in [-0.2, 0) is 19.6 Å². The lowest BCUT2D eigenvalue weighted by Crippen LogP contribution is -2.50. The molecule has 0 spiro atoms. The van der Waals surface area contributed by atoms with Gasteiger partial charge in [-0.2, -0.15) is 4.31 Å². The highest BCUT2D eigenvalue weighted by molar-refractivity contribution is 7.89. The molecule has 32 heavy (non-hydrogen) atoms. The van der Waals surface area contributed by atoms with Crippen LogP contribution in [0.1, 0.15) is 52.4 Å². The second kappa shape index (κ2) is 9.39. The lowest BCUT2D eigenvalue weighted by atomic mass is 9.78. The Hall–Kier alpha value is -2.13. The Bertz CT molecular complexity index is 974. The van der Waals surface area contributed by atoms with Gasteiger partial charge in [0.1, 0.15) is 12.3 Å². The summed E-state index contributed by atoms with van der Waals surface area (Å²) in [5.41, 5.74) is 0.333. The van der Waals surface area contributed by atoms with Crippen molar-refractivity contribution in [3.63, 3.8) is 0 Å². The van der Waals surface area contributed by atoms with Crippen molar-refractivity contribution in [2.45, 2.75) is 63.3 Å². The Labute approximate surface area is 190 Å². The summed E-state index contributed by atoms with van der Waals surface area (Å²) in [5.74, 6) is 0.741. The molecule has 1 saturated heterocycles. The number of rotatable bonds is 5. The molecule has 1 aromatic carbocycles. The molecule has 1 saturated carbocycles. The van der Waals surface area contributed by atoms with Crippen LogP contribution in [0.15, 0.2) is 23.1 Å².